The molecular weight excluding hydrogens is 442 g/mol. The summed E-state index contributed by atoms with van der Waals surface area (Å²) in [5, 5.41) is 3.33. The van der Waals surface area contributed by atoms with Gasteiger partial charge in [0.15, 0.2) is 0 Å². The molecule has 0 aliphatic heterocycles. The molecule has 4 aromatic rings. The maximum absolute atomic E-state index is 12.6. The zero-order chi connectivity index (χ0) is 22.8. The molecule has 7 nitrogen and oxygen atoms in total. The van der Waals surface area contributed by atoms with Crippen LogP contribution in [-0.4, -0.2) is 30.7 Å². The van der Waals surface area contributed by atoms with Crippen LogP contribution in [0.4, 0.5) is 5.69 Å². The number of benzene rings is 1. The molecule has 1 unspecified atom stereocenters. The molecular formula is C23H25N5O2S2. The summed E-state index contributed by atoms with van der Waals surface area (Å²) in [6, 6.07) is 7.82. The van der Waals surface area contributed by atoms with Crippen molar-refractivity contribution >= 4 is 44.9 Å². The van der Waals surface area contributed by atoms with Crippen LogP contribution in [0, 0.1) is 20.8 Å². The first-order chi connectivity index (χ1) is 15.3. The van der Waals surface area contributed by atoms with Crippen molar-refractivity contribution in [3.63, 3.8) is 0 Å². The minimum atomic E-state index is -0.295. The van der Waals surface area contributed by atoms with Gasteiger partial charge >= 0.3 is 0 Å². The van der Waals surface area contributed by atoms with Gasteiger partial charge in [-0.15, -0.1) is 23.1 Å². The number of imidazole rings is 1. The first-order valence-electron chi connectivity index (χ1n) is 10.3. The number of hydrogen-bond donors (Lipinski definition) is 2. The van der Waals surface area contributed by atoms with Crippen molar-refractivity contribution in [1.82, 2.24) is 19.5 Å². The Balaban J connectivity index is 1.34. The van der Waals surface area contributed by atoms with E-state index in [9.17, 15) is 9.59 Å². The van der Waals surface area contributed by atoms with Crippen molar-refractivity contribution in [1.29, 1.82) is 0 Å². The lowest BCUT2D eigenvalue weighted by molar-refractivity contribution is -0.115. The van der Waals surface area contributed by atoms with E-state index >= 15 is 0 Å². The van der Waals surface area contributed by atoms with Crippen LogP contribution >= 0.6 is 23.1 Å². The number of anilines is 1. The van der Waals surface area contributed by atoms with Gasteiger partial charge in [-0.2, -0.15) is 0 Å². The molecule has 9 heteroatoms. The highest BCUT2D eigenvalue weighted by molar-refractivity contribution is 7.99. The fraction of sp³-hybridized carbons (Fsp3) is 0.304. The van der Waals surface area contributed by atoms with Crippen molar-refractivity contribution in [3.05, 3.63) is 74.7 Å². The van der Waals surface area contributed by atoms with Gasteiger partial charge in [0.2, 0.25) is 5.91 Å². The number of nitrogens with zero attached hydrogens (tertiary/aromatic N) is 3. The number of aryl methyl sites for hydroxylation is 3. The van der Waals surface area contributed by atoms with Crippen molar-refractivity contribution in [2.75, 3.05) is 5.32 Å². The summed E-state index contributed by atoms with van der Waals surface area (Å²) in [7, 11) is 0. The number of hydrogen-bond acceptors (Lipinski definition) is 6. The molecule has 2 N–H and O–H groups in total. The third-order valence-corrected chi connectivity index (χ3v) is 7.68. The van der Waals surface area contributed by atoms with Gasteiger partial charge in [-0.1, -0.05) is 12.1 Å². The second-order valence-corrected chi connectivity index (χ2v) is 10.3. The number of carbonyl (C=O) groups is 1. The lowest BCUT2D eigenvalue weighted by Crippen LogP contribution is -2.23. The lowest BCUT2D eigenvalue weighted by atomic mass is 10.2. The second-order valence-electron chi connectivity index (χ2n) is 7.72. The summed E-state index contributed by atoms with van der Waals surface area (Å²) in [4.78, 5) is 38.6. The predicted molar refractivity (Wildman–Crippen MR) is 132 cm³/mol. The summed E-state index contributed by atoms with van der Waals surface area (Å²) in [6.45, 7) is 8.50. The number of H-pyrrole nitrogens is 1. The lowest BCUT2D eigenvalue weighted by Gasteiger charge is -2.12. The number of nitrogens with one attached hydrogen (secondary N) is 2. The number of thiophene rings is 1. The van der Waals surface area contributed by atoms with Crippen LogP contribution in [0.1, 0.15) is 34.6 Å². The SMILES string of the molecule is Cc1sc2nc(CSC(C)C(=O)Nc3ccc(Cn4ccnc4C)cc3)[nH]c(=O)c2c1C. The number of amides is 1. The van der Waals surface area contributed by atoms with E-state index in [1.165, 1.54) is 23.1 Å². The Morgan fingerprint density at radius 2 is 2.00 bits per heavy atom. The fourth-order valence-corrected chi connectivity index (χ4v) is 5.16. The molecule has 0 saturated carbocycles. The summed E-state index contributed by atoms with van der Waals surface area (Å²) in [5.74, 6) is 1.93. The maximum Gasteiger partial charge on any atom is 0.259 e. The number of rotatable bonds is 7. The molecule has 0 radical (unpaired) electrons. The van der Waals surface area contributed by atoms with Gasteiger partial charge in [-0.3, -0.25) is 9.59 Å². The summed E-state index contributed by atoms with van der Waals surface area (Å²) in [6.07, 6.45) is 3.74. The molecule has 1 atom stereocenters. The van der Waals surface area contributed by atoms with Gasteiger partial charge in [-0.25, -0.2) is 9.97 Å². The predicted octanol–water partition coefficient (Wildman–Crippen LogP) is 4.42. The van der Waals surface area contributed by atoms with Crippen LogP contribution in [0.15, 0.2) is 41.5 Å². The first kappa shape index (κ1) is 22.3. The monoisotopic (exact) mass is 467 g/mol. The van der Waals surface area contributed by atoms with Crippen LogP contribution in [0.25, 0.3) is 10.2 Å². The van der Waals surface area contributed by atoms with Crippen LogP contribution < -0.4 is 10.9 Å². The third kappa shape index (κ3) is 4.78. The average molecular weight is 468 g/mol. The van der Waals surface area contributed by atoms with Crippen molar-refractivity contribution in [2.24, 2.45) is 0 Å². The molecule has 3 heterocycles. The van der Waals surface area contributed by atoms with Gasteiger partial charge in [0.1, 0.15) is 16.5 Å². The highest BCUT2D eigenvalue weighted by Crippen LogP contribution is 2.26. The Bertz CT molecular complexity index is 1320. The Kier molecular flexibility index (Phi) is 6.48. The molecule has 0 spiro atoms. The Labute approximate surface area is 194 Å². The summed E-state index contributed by atoms with van der Waals surface area (Å²) >= 11 is 2.97. The van der Waals surface area contributed by atoms with E-state index in [4.69, 9.17) is 0 Å². The van der Waals surface area contributed by atoms with Crippen LogP contribution in [0.2, 0.25) is 0 Å². The number of fused-ring (bicyclic) bond motifs is 1. The van der Waals surface area contributed by atoms with Crippen LogP contribution in [0.3, 0.4) is 0 Å². The van der Waals surface area contributed by atoms with Gasteiger partial charge < -0.3 is 14.9 Å². The third-order valence-electron chi connectivity index (χ3n) is 5.43. The average Bonchev–Trinajstić information content (AvgIpc) is 3.29. The molecule has 0 saturated heterocycles. The van der Waals surface area contributed by atoms with E-state index in [2.05, 4.69) is 24.8 Å². The van der Waals surface area contributed by atoms with Gasteiger partial charge in [0, 0.05) is 29.5 Å². The van der Waals surface area contributed by atoms with Crippen LogP contribution in [-0.2, 0) is 17.1 Å². The number of aromatic nitrogens is 4. The minimum Gasteiger partial charge on any atom is -0.331 e. The topological polar surface area (TPSA) is 92.7 Å². The maximum atomic E-state index is 12.6. The van der Waals surface area contributed by atoms with E-state index in [0.29, 0.717) is 17.0 Å². The first-order valence-corrected chi connectivity index (χ1v) is 12.2. The zero-order valence-corrected chi connectivity index (χ0v) is 20.1. The number of aromatic amines is 1. The molecule has 166 valence electrons. The van der Waals surface area contributed by atoms with E-state index in [1.54, 1.807) is 6.20 Å². The summed E-state index contributed by atoms with van der Waals surface area (Å²) in [5.41, 5.74) is 2.76. The highest BCUT2D eigenvalue weighted by Gasteiger charge is 2.16. The molecule has 0 aliphatic carbocycles. The molecule has 3 aromatic heterocycles. The van der Waals surface area contributed by atoms with E-state index < -0.39 is 0 Å². The number of thioether (sulfide) groups is 1. The number of carbonyl (C=O) groups excluding carboxylic acids is 1. The quantitative estimate of drug-likeness (QED) is 0.420. The van der Waals surface area contributed by atoms with Gasteiger partial charge in [-0.05, 0) is 51.0 Å². The molecule has 0 fully saturated rings. The Hall–Kier alpha value is -2.91. The normalized spacial score (nSPS) is 12.2. The van der Waals surface area contributed by atoms with Gasteiger partial charge in [0.25, 0.3) is 5.56 Å². The van der Waals surface area contributed by atoms with E-state index in [0.717, 1.165) is 38.9 Å². The van der Waals surface area contributed by atoms with E-state index in [1.807, 2.05) is 58.2 Å². The molecule has 0 aliphatic rings. The molecule has 1 aromatic carbocycles. The Morgan fingerprint density at radius 3 is 2.69 bits per heavy atom. The molecule has 32 heavy (non-hydrogen) atoms. The fourth-order valence-electron chi connectivity index (χ4n) is 3.35. The largest absolute Gasteiger partial charge is 0.331 e. The van der Waals surface area contributed by atoms with Crippen LogP contribution in [0.5, 0.6) is 0 Å². The van der Waals surface area contributed by atoms with Crippen molar-refractivity contribution in [3.8, 4) is 0 Å². The second kappa shape index (κ2) is 9.30. The minimum absolute atomic E-state index is 0.0839. The van der Waals surface area contributed by atoms with Gasteiger partial charge in [0.05, 0.1) is 16.4 Å². The standard InChI is InChI=1S/C23H25N5O2S2/c1-13-14(2)32-23-20(13)22(30)26-19(27-23)12-31-15(3)21(29)25-18-7-5-17(6-8-18)11-28-10-9-24-16(28)4/h5-10,15H,11-12H2,1-4H3,(H,25,29)(H,26,27,30). The molecule has 0 bridgehead atoms. The highest BCUT2D eigenvalue weighted by atomic mass is 32.2. The van der Waals surface area contributed by atoms with Crippen molar-refractivity contribution in [2.45, 2.75) is 45.2 Å². The smallest absolute Gasteiger partial charge is 0.259 e. The Morgan fingerprint density at radius 1 is 1.25 bits per heavy atom. The summed E-state index contributed by atoms with van der Waals surface area (Å²) < 4.78 is 2.07. The van der Waals surface area contributed by atoms with E-state index in [-0.39, 0.29) is 16.7 Å². The molecule has 4 rings (SSSR count). The van der Waals surface area contributed by atoms with Crippen molar-refractivity contribution < 1.29 is 4.79 Å². The zero-order valence-electron chi connectivity index (χ0n) is 18.4. The molecule has 1 amide bonds.